The van der Waals surface area contributed by atoms with Crippen molar-refractivity contribution in [2.45, 2.75) is 6.10 Å². The third kappa shape index (κ3) is 1.94. The fourth-order valence-corrected chi connectivity index (χ4v) is 2.76. The van der Waals surface area contributed by atoms with Crippen LogP contribution in [-0.4, -0.2) is 36.0 Å². The van der Waals surface area contributed by atoms with Gasteiger partial charge in [0.1, 0.15) is 6.61 Å². The first-order valence-electron chi connectivity index (χ1n) is 7.08. The first kappa shape index (κ1) is 12.9. The fraction of sp³-hybridized carbons (Fsp3) is 0.176. The van der Waals surface area contributed by atoms with E-state index >= 15 is 0 Å². The lowest BCUT2D eigenvalue weighted by atomic mass is 10.1. The van der Waals surface area contributed by atoms with Gasteiger partial charge in [-0.1, -0.05) is 24.3 Å². The molecule has 0 aromatic heterocycles. The molecule has 0 spiro atoms. The van der Waals surface area contributed by atoms with Gasteiger partial charge in [0.15, 0.2) is 17.6 Å². The molecule has 22 heavy (non-hydrogen) atoms. The lowest BCUT2D eigenvalue weighted by molar-refractivity contribution is 0.0430. The number of carbonyl (C=O) groups excluding carboxylic acids is 2. The molecule has 0 fully saturated rings. The van der Waals surface area contributed by atoms with Gasteiger partial charge in [-0.05, 0) is 24.3 Å². The van der Waals surface area contributed by atoms with E-state index in [-0.39, 0.29) is 24.5 Å². The molecular formula is C17H13NO4. The number of rotatable bonds is 2. The van der Waals surface area contributed by atoms with E-state index in [0.29, 0.717) is 29.2 Å². The van der Waals surface area contributed by atoms with Crippen molar-refractivity contribution in [3.05, 3.63) is 59.7 Å². The van der Waals surface area contributed by atoms with Gasteiger partial charge in [0.2, 0.25) is 0 Å². The van der Waals surface area contributed by atoms with Crippen LogP contribution in [0.15, 0.2) is 48.5 Å². The highest BCUT2D eigenvalue weighted by Crippen LogP contribution is 2.32. The van der Waals surface area contributed by atoms with E-state index in [4.69, 9.17) is 9.47 Å². The first-order chi connectivity index (χ1) is 10.7. The molecule has 0 radical (unpaired) electrons. The molecular weight excluding hydrogens is 282 g/mol. The summed E-state index contributed by atoms with van der Waals surface area (Å²) in [4.78, 5) is 25.9. The average molecular weight is 295 g/mol. The van der Waals surface area contributed by atoms with Crippen molar-refractivity contribution in [2.24, 2.45) is 0 Å². The highest BCUT2D eigenvalue weighted by Gasteiger charge is 2.37. The Kier molecular flexibility index (Phi) is 2.85. The van der Waals surface area contributed by atoms with Crippen LogP contribution in [0.2, 0.25) is 0 Å². The topological polar surface area (TPSA) is 55.8 Å². The Labute approximate surface area is 127 Å². The van der Waals surface area contributed by atoms with Crippen LogP contribution in [0.5, 0.6) is 11.5 Å². The molecule has 0 saturated heterocycles. The van der Waals surface area contributed by atoms with Crippen molar-refractivity contribution in [2.75, 3.05) is 13.2 Å². The van der Waals surface area contributed by atoms with E-state index in [1.54, 1.807) is 24.3 Å². The summed E-state index contributed by atoms with van der Waals surface area (Å²) in [5.74, 6) is 0.766. The monoisotopic (exact) mass is 295 g/mol. The van der Waals surface area contributed by atoms with Gasteiger partial charge < -0.3 is 9.47 Å². The quantitative estimate of drug-likeness (QED) is 0.796. The number of hydrogen-bond acceptors (Lipinski definition) is 4. The second-order valence-electron chi connectivity index (χ2n) is 5.26. The summed E-state index contributed by atoms with van der Waals surface area (Å²) in [5, 5.41) is 0. The molecule has 2 heterocycles. The molecule has 1 unspecified atom stereocenters. The molecule has 0 bridgehead atoms. The molecule has 2 aliphatic heterocycles. The van der Waals surface area contributed by atoms with E-state index in [9.17, 15) is 9.59 Å². The Balaban J connectivity index is 1.54. The zero-order chi connectivity index (χ0) is 15.1. The summed E-state index contributed by atoms with van der Waals surface area (Å²) in [6.07, 6.45) is -0.364. The predicted octanol–water partition coefficient (Wildman–Crippen LogP) is 2.12. The Hall–Kier alpha value is -2.82. The van der Waals surface area contributed by atoms with Crippen LogP contribution in [0, 0.1) is 0 Å². The van der Waals surface area contributed by atoms with Crippen LogP contribution in [0.25, 0.3) is 0 Å². The van der Waals surface area contributed by atoms with Crippen LogP contribution < -0.4 is 9.47 Å². The van der Waals surface area contributed by atoms with E-state index in [1.165, 1.54) is 4.90 Å². The zero-order valence-electron chi connectivity index (χ0n) is 11.7. The number of nitrogens with zero attached hydrogens (tertiary/aromatic N) is 1. The Bertz CT molecular complexity index is 736. The van der Waals surface area contributed by atoms with Crippen molar-refractivity contribution in [3.63, 3.8) is 0 Å². The Morgan fingerprint density at radius 1 is 0.909 bits per heavy atom. The normalized spacial score (nSPS) is 19.3. The SMILES string of the molecule is O=C1c2ccccc2C(=O)N1CC1COc2ccccc2O1. The van der Waals surface area contributed by atoms with E-state index in [1.807, 2.05) is 24.3 Å². The van der Waals surface area contributed by atoms with Crippen LogP contribution in [0.4, 0.5) is 0 Å². The fourth-order valence-electron chi connectivity index (χ4n) is 2.76. The highest BCUT2D eigenvalue weighted by atomic mass is 16.6. The number of para-hydroxylation sites is 2. The number of imide groups is 1. The van der Waals surface area contributed by atoms with Gasteiger partial charge in [-0.3, -0.25) is 14.5 Å². The molecule has 5 nitrogen and oxygen atoms in total. The number of hydrogen-bond donors (Lipinski definition) is 0. The van der Waals surface area contributed by atoms with Gasteiger partial charge in [-0.15, -0.1) is 0 Å². The minimum Gasteiger partial charge on any atom is -0.486 e. The van der Waals surface area contributed by atoms with Gasteiger partial charge in [-0.2, -0.15) is 0 Å². The number of fused-ring (bicyclic) bond motifs is 2. The first-order valence-corrected chi connectivity index (χ1v) is 7.08. The second-order valence-corrected chi connectivity index (χ2v) is 5.26. The smallest absolute Gasteiger partial charge is 0.261 e. The van der Waals surface area contributed by atoms with Crippen molar-refractivity contribution in [1.29, 1.82) is 0 Å². The summed E-state index contributed by atoms with van der Waals surface area (Å²) in [7, 11) is 0. The number of ether oxygens (including phenoxy) is 2. The van der Waals surface area contributed by atoms with Crippen LogP contribution in [-0.2, 0) is 0 Å². The van der Waals surface area contributed by atoms with E-state index in [2.05, 4.69) is 0 Å². The van der Waals surface area contributed by atoms with Gasteiger partial charge in [0, 0.05) is 0 Å². The van der Waals surface area contributed by atoms with Crippen molar-refractivity contribution >= 4 is 11.8 Å². The third-order valence-corrected chi connectivity index (χ3v) is 3.83. The predicted molar refractivity (Wildman–Crippen MR) is 78.2 cm³/mol. The molecule has 0 saturated carbocycles. The van der Waals surface area contributed by atoms with Crippen LogP contribution in [0.1, 0.15) is 20.7 Å². The molecule has 2 aliphatic rings. The highest BCUT2D eigenvalue weighted by molar-refractivity contribution is 6.21. The van der Waals surface area contributed by atoms with Crippen LogP contribution in [0.3, 0.4) is 0 Å². The molecule has 0 N–H and O–H groups in total. The maximum absolute atomic E-state index is 12.3. The van der Waals surface area contributed by atoms with Crippen molar-refractivity contribution in [1.82, 2.24) is 4.90 Å². The summed E-state index contributed by atoms with van der Waals surface area (Å²) >= 11 is 0. The average Bonchev–Trinajstić information content (AvgIpc) is 2.80. The Morgan fingerprint density at radius 3 is 2.18 bits per heavy atom. The van der Waals surface area contributed by atoms with E-state index in [0.717, 1.165) is 0 Å². The molecule has 2 amide bonds. The molecule has 0 aliphatic carbocycles. The lowest BCUT2D eigenvalue weighted by Crippen LogP contribution is -2.43. The van der Waals surface area contributed by atoms with Gasteiger partial charge in [0.25, 0.3) is 11.8 Å². The van der Waals surface area contributed by atoms with Crippen LogP contribution >= 0.6 is 0 Å². The summed E-state index contributed by atoms with van der Waals surface area (Å²) < 4.78 is 11.4. The minimum absolute atomic E-state index is 0.181. The summed E-state index contributed by atoms with van der Waals surface area (Å²) in [5.41, 5.74) is 0.897. The third-order valence-electron chi connectivity index (χ3n) is 3.83. The molecule has 5 heteroatoms. The molecule has 4 rings (SSSR count). The number of carbonyl (C=O) groups is 2. The summed E-state index contributed by atoms with van der Waals surface area (Å²) in [6.45, 7) is 0.491. The maximum Gasteiger partial charge on any atom is 0.261 e. The molecule has 2 aromatic rings. The maximum atomic E-state index is 12.3. The van der Waals surface area contributed by atoms with Gasteiger partial charge >= 0.3 is 0 Å². The van der Waals surface area contributed by atoms with E-state index < -0.39 is 0 Å². The molecule has 110 valence electrons. The van der Waals surface area contributed by atoms with Crippen molar-refractivity contribution in [3.8, 4) is 11.5 Å². The minimum atomic E-state index is -0.364. The standard InChI is InChI=1S/C17H13NO4/c19-16-12-5-1-2-6-13(12)17(20)18(16)9-11-10-21-14-7-3-4-8-15(14)22-11/h1-8,11H,9-10H2. The van der Waals surface area contributed by atoms with Gasteiger partial charge in [-0.25, -0.2) is 0 Å². The number of amides is 2. The second kappa shape index (κ2) is 4.87. The largest absolute Gasteiger partial charge is 0.486 e. The zero-order valence-corrected chi connectivity index (χ0v) is 11.7. The van der Waals surface area contributed by atoms with Crippen molar-refractivity contribution < 1.29 is 19.1 Å². The molecule has 1 atom stereocenters. The lowest BCUT2D eigenvalue weighted by Gasteiger charge is -2.28. The summed E-state index contributed by atoms with van der Waals surface area (Å²) in [6, 6.07) is 14.2. The Morgan fingerprint density at radius 2 is 1.50 bits per heavy atom. The molecule has 2 aromatic carbocycles. The number of benzene rings is 2. The van der Waals surface area contributed by atoms with Gasteiger partial charge in [0.05, 0.1) is 17.7 Å².